The molecule has 21 nitrogen and oxygen atoms in total. The lowest BCUT2D eigenvalue weighted by Crippen LogP contribution is -2.38. The average molecular weight is 967 g/mol. The van der Waals surface area contributed by atoms with Crippen LogP contribution >= 0.6 is 15.2 Å². The van der Waals surface area contributed by atoms with Gasteiger partial charge in [-0.2, -0.15) is 5.26 Å². The number of imidazole rings is 1. The van der Waals surface area contributed by atoms with E-state index in [-0.39, 0.29) is 55.1 Å². The summed E-state index contributed by atoms with van der Waals surface area (Å²) in [5.41, 5.74) is -1.07. The maximum atomic E-state index is 16.9. The Kier molecular flexibility index (Phi) is 17.7. The van der Waals surface area contributed by atoms with E-state index >= 15 is 8.78 Å². The molecular weight excluding hydrogens is 916 g/mol. The van der Waals surface area contributed by atoms with Crippen molar-refractivity contribution in [3.05, 3.63) is 81.7 Å². The molecule has 0 bridgehead atoms. The number of hydrogen-bond donors (Lipinski definition) is 3. The first-order chi connectivity index (χ1) is 31.2. The molecule has 1 aromatic carbocycles. The first kappa shape index (κ1) is 50.1. The summed E-state index contributed by atoms with van der Waals surface area (Å²) in [6.45, 7) is 2.40. The minimum absolute atomic E-state index is 0.0511. The number of carbonyl (C=O) groups excluding carboxylic acids is 1. The molecule has 0 aliphatic carbocycles. The predicted molar refractivity (Wildman–Crippen MR) is 236 cm³/mol. The van der Waals surface area contributed by atoms with Crippen LogP contribution in [0.4, 0.5) is 14.6 Å². The number of fused-ring (bicyclic) bond motifs is 1. The van der Waals surface area contributed by atoms with Crippen molar-refractivity contribution in [2.75, 3.05) is 38.8 Å². The molecule has 2 fully saturated rings. The summed E-state index contributed by atoms with van der Waals surface area (Å²) < 4.78 is 79.3. The van der Waals surface area contributed by atoms with Gasteiger partial charge in [0.05, 0.1) is 45.2 Å². The number of hydrogen-bond acceptors (Lipinski definition) is 18. The number of aliphatic hydroxyl groups excluding tert-OH is 1. The number of nitrogens with zero attached hydrogens (tertiary/aromatic N) is 8. The predicted octanol–water partition coefficient (Wildman–Crippen LogP) is 4.49. The van der Waals surface area contributed by atoms with Crippen molar-refractivity contribution < 1.29 is 50.8 Å². The summed E-state index contributed by atoms with van der Waals surface area (Å²) in [6, 6.07) is 11.3. The van der Waals surface area contributed by atoms with Crippen LogP contribution in [-0.4, -0.2) is 133 Å². The summed E-state index contributed by atoms with van der Waals surface area (Å²) >= 11 is 5.80. The second-order valence-corrected chi connectivity index (χ2v) is 19.5. The number of nitrogens with one attached hydrogen (secondary N) is 2. The van der Waals surface area contributed by atoms with Crippen LogP contribution in [0.1, 0.15) is 63.4 Å². The lowest BCUT2D eigenvalue weighted by molar-refractivity contribution is -0.0587. The van der Waals surface area contributed by atoms with Crippen LogP contribution in [0.3, 0.4) is 0 Å². The average Bonchev–Trinajstić information content (AvgIpc) is 3.93. The van der Waals surface area contributed by atoms with E-state index in [1.54, 1.807) is 37.4 Å². The van der Waals surface area contributed by atoms with Gasteiger partial charge in [-0.25, -0.2) is 33.2 Å². The Morgan fingerprint density at radius 2 is 1.77 bits per heavy atom. The number of aromatic amines is 1. The van der Waals surface area contributed by atoms with Crippen molar-refractivity contribution in [3.63, 3.8) is 0 Å². The zero-order valence-corrected chi connectivity index (χ0v) is 38.6. The van der Waals surface area contributed by atoms with Crippen LogP contribution in [0.5, 0.6) is 0 Å². The number of H-pyrrole nitrogens is 1. The summed E-state index contributed by atoms with van der Waals surface area (Å²) in [5.74, 6) is -0.400. The molecule has 0 spiro atoms. The molecule has 65 heavy (non-hydrogen) atoms. The maximum Gasteiger partial charge on any atom is 0.330 e. The molecule has 6 unspecified atom stereocenters. The van der Waals surface area contributed by atoms with Crippen molar-refractivity contribution in [2.45, 2.75) is 102 Å². The second kappa shape index (κ2) is 22.9. The fraction of sp³-hybridized carbons (Fsp3) is 0.538. The van der Waals surface area contributed by atoms with Gasteiger partial charge in [-0.3, -0.25) is 28.2 Å². The van der Waals surface area contributed by atoms with Crippen LogP contribution in [0, 0.1) is 11.3 Å². The van der Waals surface area contributed by atoms with Crippen LogP contribution in [-0.2, 0) is 43.9 Å². The number of anilines is 1. The van der Waals surface area contributed by atoms with Crippen molar-refractivity contribution in [2.24, 2.45) is 4.99 Å². The molecular formula is C39H50F2N10O11P2S. The van der Waals surface area contributed by atoms with E-state index < -0.39 is 94.8 Å². The molecule has 6 rings (SSSR count). The number of carbonyl (C=O) groups is 1. The van der Waals surface area contributed by atoms with E-state index in [4.69, 9.17) is 49.2 Å². The maximum absolute atomic E-state index is 16.9. The Morgan fingerprint density at radius 1 is 1.05 bits per heavy atom. The Morgan fingerprint density at radius 3 is 2.46 bits per heavy atom. The number of aromatic nitrogens is 6. The summed E-state index contributed by atoms with van der Waals surface area (Å²) in [5, 5.41) is 22.9. The number of ether oxygens (including phenoxy) is 2. The van der Waals surface area contributed by atoms with E-state index in [1.165, 1.54) is 17.1 Å². The number of aliphatic imine (C=N–C) groups is 1. The largest absolute Gasteiger partial charge is 0.385 e. The number of amides is 1. The van der Waals surface area contributed by atoms with Gasteiger partial charge in [0.2, 0.25) is 0 Å². The molecule has 10 atom stereocenters. The highest BCUT2D eigenvalue weighted by atomic mass is 32.5. The Balaban J connectivity index is 1.22. The highest BCUT2D eigenvalue weighted by Gasteiger charge is 2.52. The summed E-state index contributed by atoms with van der Waals surface area (Å²) in [6.07, 6.45) is -8.19. The van der Waals surface area contributed by atoms with E-state index in [0.717, 1.165) is 23.2 Å². The summed E-state index contributed by atoms with van der Waals surface area (Å²) in [4.78, 5) is 56.7. The van der Waals surface area contributed by atoms with E-state index in [1.807, 2.05) is 38.4 Å². The van der Waals surface area contributed by atoms with Gasteiger partial charge in [0, 0.05) is 49.6 Å². The highest BCUT2D eigenvalue weighted by Crippen LogP contribution is 2.55. The van der Waals surface area contributed by atoms with Gasteiger partial charge in [-0.05, 0) is 51.6 Å². The van der Waals surface area contributed by atoms with Gasteiger partial charge in [-0.15, -0.1) is 0 Å². The lowest BCUT2D eigenvalue weighted by Gasteiger charge is -2.36. The molecule has 4 aromatic rings. The van der Waals surface area contributed by atoms with Gasteiger partial charge >= 0.3 is 12.4 Å². The van der Waals surface area contributed by atoms with Gasteiger partial charge in [-0.1, -0.05) is 18.2 Å². The number of aliphatic hydroxyl groups is 1. The Hall–Kier alpha value is -4.34. The lowest BCUT2D eigenvalue weighted by atomic mass is 10.1. The van der Waals surface area contributed by atoms with E-state index in [2.05, 4.69) is 30.2 Å². The van der Waals surface area contributed by atoms with Crippen LogP contribution < -0.4 is 16.6 Å². The topological polar surface area (TPSA) is 252 Å². The van der Waals surface area contributed by atoms with Gasteiger partial charge in [0.1, 0.15) is 30.7 Å². The van der Waals surface area contributed by atoms with Gasteiger partial charge in [0.15, 0.2) is 41.8 Å². The van der Waals surface area contributed by atoms with Crippen molar-refractivity contribution >= 4 is 56.2 Å². The third kappa shape index (κ3) is 12.2. The third-order valence-corrected chi connectivity index (χ3v) is 14.3. The number of alkyl halides is 2. The molecule has 2 aliphatic rings. The van der Waals surface area contributed by atoms with E-state index in [9.17, 15) is 19.5 Å². The second-order valence-electron chi connectivity index (χ2n) is 15.1. The molecule has 352 valence electrons. The van der Waals surface area contributed by atoms with Crippen LogP contribution in [0.25, 0.3) is 11.2 Å². The zero-order chi connectivity index (χ0) is 46.8. The minimum Gasteiger partial charge on any atom is -0.385 e. The van der Waals surface area contributed by atoms with Gasteiger partial charge < -0.3 is 43.0 Å². The molecule has 3 N–H and O–H groups in total. The fourth-order valence-corrected chi connectivity index (χ4v) is 10.7. The molecule has 5 heterocycles. The summed E-state index contributed by atoms with van der Waals surface area (Å²) in [7, 11) is -0.296. The van der Waals surface area contributed by atoms with Gasteiger partial charge in [0.25, 0.3) is 20.0 Å². The smallest absolute Gasteiger partial charge is 0.330 e. The SMILES string of the molecule is C/N=C/CCOP(=S)(OC[C@H]1O[C@@H](n2cnc3c(NC(=O)c4ccccc4)ncnc32)C(O)C1F)OC1C(F)[C@@H](COP(OCCC#N)N(C(C)C)C(C)C)O[C@H]1n1ccc(=O)[nH]c1=O. The highest BCUT2D eigenvalue weighted by molar-refractivity contribution is 8.07. The van der Waals surface area contributed by atoms with Crippen molar-refractivity contribution in [3.8, 4) is 6.07 Å². The first-order valence-corrected chi connectivity index (χ1v) is 24.2. The number of nitriles is 1. The first-order valence-electron chi connectivity index (χ1n) is 20.5. The third-order valence-electron chi connectivity index (χ3n) is 9.92. The standard InChI is InChI=1S/C39H50F2N10O11P2S/c1-23(2)51(24(3)4)63(56-17-9-14-42)57-19-26-30(41)33(38(61-26)49-16-13-28(52)47-39(49)55)62-64(65,58-18-10-15-43-5)59-20-27-29(40)32(53)37(60-27)50-22-46-31-34(44-21-45-35(31)50)48-36(54)25-11-7-6-8-12-25/h6-8,11-13,15-16,21-24,26-27,29-30,32-33,37-38,53H,9-10,17-20H2,1-5H3,(H,47,52,55)(H,44,45,48,54)/b43-15+/t26-,27-,29?,30?,32?,33?,37-,38-,63?,64?/m1/s1. The zero-order valence-electron chi connectivity index (χ0n) is 36.0. The molecule has 2 saturated heterocycles. The number of halogens is 2. The van der Waals surface area contributed by atoms with Crippen LogP contribution in [0.2, 0.25) is 0 Å². The molecule has 26 heteroatoms. The normalized spacial score (nSPS) is 24.9. The molecule has 2 aliphatic heterocycles. The minimum atomic E-state index is -4.16. The quantitative estimate of drug-likeness (QED) is 0.0557. The molecule has 0 saturated carbocycles. The van der Waals surface area contributed by atoms with Crippen molar-refractivity contribution in [1.82, 2.24) is 33.7 Å². The molecule has 3 aromatic heterocycles. The van der Waals surface area contributed by atoms with Crippen molar-refractivity contribution in [1.29, 1.82) is 5.26 Å². The Bertz CT molecular complexity index is 2460. The molecule has 0 radical (unpaired) electrons. The number of benzene rings is 1. The Labute approximate surface area is 378 Å². The van der Waals surface area contributed by atoms with Crippen LogP contribution in [0.15, 0.2) is 69.8 Å². The fourth-order valence-electron chi connectivity index (χ4n) is 6.97. The molecule has 1 amide bonds. The monoisotopic (exact) mass is 966 g/mol. The number of rotatable bonds is 22. The van der Waals surface area contributed by atoms with E-state index in [0.29, 0.717) is 5.56 Å².